The van der Waals surface area contributed by atoms with Crippen molar-refractivity contribution in [3.63, 3.8) is 0 Å². The highest BCUT2D eigenvalue weighted by Gasteiger charge is 2.27. The Morgan fingerprint density at radius 3 is 2.40 bits per heavy atom. The van der Waals surface area contributed by atoms with E-state index in [4.69, 9.17) is 4.74 Å². The van der Waals surface area contributed by atoms with Crippen LogP contribution in [0.1, 0.15) is 51.0 Å². The quantitative estimate of drug-likeness (QED) is 0.832. The minimum Gasteiger partial charge on any atom is -0.508 e. The number of benzene rings is 1. The zero-order valence-electron chi connectivity index (χ0n) is 12.0. The first-order chi connectivity index (χ1) is 9.47. The molecule has 0 heterocycles. The molecule has 1 saturated carbocycles. The molecule has 0 radical (unpaired) electrons. The molecular weight excluding hydrogens is 256 g/mol. The summed E-state index contributed by atoms with van der Waals surface area (Å²) in [7, 11) is 0. The van der Waals surface area contributed by atoms with Gasteiger partial charge in [0.1, 0.15) is 17.6 Å². The molecule has 0 atom stereocenters. The summed E-state index contributed by atoms with van der Waals surface area (Å²) in [5.41, 5.74) is 0.872. The summed E-state index contributed by atoms with van der Waals surface area (Å²) in [5, 5.41) is 19.2. The number of phenolic OH excluding ortho intramolecular Hbond substituents is 2. The number of ether oxygens (including phenoxy) is 1. The number of rotatable bonds is 3. The van der Waals surface area contributed by atoms with Crippen molar-refractivity contribution in [2.45, 2.75) is 51.6 Å². The summed E-state index contributed by atoms with van der Waals surface area (Å²) in [6.07, 6.45) is 3.41. The van der Waals surface area contributed by atoms with E-state index >= 15 is 0 Å². The number of carbonyl (C=O) groups is 1. The number of carbonyl (C=O) groups excluding carboxylic acids is 1. The molecular formula is C16H22O4. The Bertz CT molecular complexity index is 473. The van der Waals surface area contributed by atoms with Gasteiger partial charge in [0.2, 0.25) is 0 Å². The Hall–Kier alpha value is -1.71. The normalized spacial score (nSPS) is 22.8. The minimum absolute atomic E-state index is 0.000378. The summed E-state index contributed by atoms with van der Waals surface area (Å²) in [6.45, 7) is 3.67. The summed E-state index contributed by atoms with van der Waals surface area (Å²) in [4.78, 5) is 11.6. The summed E-state index contributed by atoms with van der Waals surface area (Å²) in [6, 6.07) is 4.75. The Balaban J connectivity index is 1.92. The molecule has 1 fully saturated rings. The van der Waals surface area contributed by atoms with Crippen molar-refractivity contribution < 1.29 is 19.7 Å². The van der Waals surface area contributed by atoms with Crippen LogP contribution in [-0.4, -0.2) is 22.3 Å². The van der Waals surface area contributed by atoms with Crippen molar-refractivity contribution >= 4 is 5.97 Å². The maximum Gasteiger partial charge on any atom is 0.308 e. The Labute approximate surface area is 119 Å². The fourth-order valence-corrected chi connectivity index (χ4v) is 2.67. The molecule has 2 rings (SSSR count). The largest absolute Gasteiger partial charge is 0.508 e. The Morgan fingerprint density at radius 2 is 1.85 bits per heavy atom. The highest BCUT2D eigenvalue weighted by Crippen LogP contribution is 2.39. The molecule has 4 nitrogen and oxygen atoms in total. The van der Waals surface area contributed by atoms with Crippen LogP contribution < -0.4 is 0 Å². The van der Waals surface area contributed by atoms with Crippen molar-refractivity contribution in [2.24, 2.45) is 5.92 Å². The molecule has 1 aliphatic carbocycles. The summed E-state index contributed by atoms with van der Waals surface area (Å²) >= 11 is 0. The van der Waals surface area contributed by atoms with E-state index in [1.807, 2.05) is 13.8 Å². The molecule has 20 heavy (non-hydrogen) atoms. The van der Waals surface area contributed by atoms with Crippen LogP contribution in [0, 0.1) is 5.92 Å². The van der Waals surface area contributed by atoms with Crippen molar-refractivity contribution in [3.8, 4) is 11.5 Å². The molecule has 0 aliphatic heterocycles. The maximum absolute atomic E-state index is 11.6. The van der Waals surface area contributed by atoms with Crippen LogP contribution in [0.25, 0.3) is 0 Å². The average Bonchev–Trinajstić information content (AvgIpc) is 2.40. The van der Waals surface area contributed by atoms with Crippen molar-refractivity contribution in [1.29, 1.82) is 0 Å². The fraction of sp³-hybridized carbons (Fsp3) is 0.562. The van der Waals surface area contributed by atoms with Gasteiger partial charge in [-0.2, -0.15) is 0 Å². The number of aromatic hydroxyl groups is 2. The third-order valence-corrected chi connectivity index (χ3v) is 3.88. The van der Waals surface area contributed by atoms with E-state index in [1.54, 1.807) is 12.1 Å². The van der Waals surface area contributed by atoms with Gasteiger partial charge in [0.15, 0.2) is 0 Å². The van der Waals surface area contributed by atoms with Crippen molar-refractivity contribution in [1.82, 2.24) is 0 Å². The minimum atomic E-state index is -0.138. The van der Waals surface area contributed by atoms with Crippen LogP contribution in [0.5, 0.6) is 11.5 Å². The van der Waals surface area contributed by atoms with E-state index in [1.165, 1.54) is 6.07 Å². The van der Waals surface area contributed by atoms with Crippen molar-refractivity contribution in [2.75, 3.05) is 0 Å². The van der Waals surface area contributed by atoms with Gasteiger partial charge in [-0.3, -0.25) is 4.79 Å². The highest BCUT2D eigenvalue weighted by molar-refractivity contribution is 5.71. The molecule has 1 aromatic rings. The zero-order valence-corrected chi connectivity index (χ0v) is 12.0. The maximum atomic E-state index is 11.6. The van der Waals surface area contributed by atoms with Gasteiger partial charge < -0.3 is 14.9 Å². The molecule has 4 heteroatoms. The first-order valence-electron chi connectivity index (χ1n) is 7.19. The van der Waals surface area contributed by atoms with Crippen LogP contribution in [0.15, 0.2) is 18.2 Å². The molecule has 1 aromatic carbocycles. The van der Waals surface area contributed by atoms with Gasteiger partial charge in [-0.25, -0.2) is 0 Å². The number of hydrogen-bond donors (Lipinski definition) is 2. The van der Waals surface area contributed by atoms with Gasteiger partial charge in [-0.15, -0.1) is 0 Å². The van der Waals surface area contributed by atoms with E-state index in [0.717, 1.165) is 31.2 Å². The monoisotopic (exact) mass is 278 g/mol. The topological polar surface area (TPSA) is 66.8 Å². The molecule has 0 aromatic heterocycles. The first-order valence-corrected chi connectivity index (χ1v) is 7.19. The number of phenols is 2. The lowest BCUT2D eigenvalue weighted by molar-refractivity contribution is -0.154. The number of hydrogen-bond acceptors (Lipinski definition) is 4. The van der Waals surface area contributed by atoms with Crippen LogP contribution in [0.3, 0.4) is 0 Å². The van der Waals surface area contributed by atoms with E-state index in [0.29, 0.717) is 0 Å². The van der Waals surface area contributed by atoms with Crippen LogP contribution in [0.4, 0.5) is 0 Å². The lowest BCUT2D eigenvalue weighted by atomic mass is 9.82. The highest BCUT2D eigenvalue weighted by atomic mass is 16.5. The first kappa shape index (κ1) is 14.7. The molecule has 0 unspecified atom stereocenters. The van der Waals surface area contributed by atoms with E-state index in [2.05, 4.69) is 0 Å². The predicted molar refractivity (Wildman–Crippen MR) is 75.7 cm³/mol. The Morgan fingerprint density at radius 1 is 1.20 bits per heavy atom. The second-order valence-electron chi connectivity index (χ2n) is 5.81. The molecule has 0 amide bonds. The molecule has 2 N–H and O–H groups in total. The molecule has 0 spiro atoms. The second-order valence-corrected chi connectivity index (χ2v) is 5.81. The van der Waals surface area contributed by atoms with E-state index < -0.39 is 0 Å². The SMILES string of the molecule is CC(C)C(=O)OC1CCC(c2ccc(O)cc2O)CC1. The second kappa shape index (κ2) is 6.16. The smallest absolute Gasteiger partial charge is 0.308 e. The lowest BCUT2D eigenvalue weighted by Crippen LogP contribution is -2.25. The summed E-state index contributed by atoms with van der Waals surface area (Å²) < 4.78 is 5.44. The van der Waals surface area contributed by atoms with Crippen LogP contribution in [0.2, 0.25) is 0 Å². The Kier molecular flexibility index (Phi) is 4.53. The van der Waals surface area contributed by atoms with Gasteiger partial charge in [0.05, 0.1) is 5.92 Å². The van der Waals surface area contributed by atoms with Gasteiger partial charge >= 0.3 is 5.97 Å². The fourth-order valence-electron chi connectivity index (χ4n) is 2.67. The van der Waals surface area contributed by atoms with Gasteiger partial charge in [0, 0.05) is 6.07 Å². The van der Waals surface area contributed by atoms with Gasteiger partial charge in [-0.05, 0) is 43.2 Å². The lowest BCUT2D eigenvalue weighted by Gasteiger charge is -2.29. The molecule has 0 saturated heterocycles. The predicted octanol–water partition coefficient (Wildman–Crippen LogP) is 3.32. The third kappa shape index (κ3) is 3.44. The molecule has 1 aliphatic rings. The van der Waals surface area contributed by atoms with Crippen molar-refractivity contribution in [3.05, 3.63) is 23.8 Å². The third-order valence-electron chi connectivity index (χ3n) is 3.88. The zero-order chi connectivity index (χ0) is 14.7. The summed E-state index contributed by atoms with van der Waals surface area (Å²) in [5.74, 6) is 0.262. The van der Waals surface area contributed by atoms with E-state index in [9.17, 15) is 15.0 Å². The van der Waals surface area contributed by atoms with Gasteiger partial charge in [-0.1, -0.05) is 19.9 Å². The standard InChI is InChI=1S/C16H22O4/c1-10(2)16(19)20-13-6-3-11(4-7-13)14-8-5-12(17)9-15(14)18/h5,8-11,13,17-18H,3-4,6-7H2,1-2H3. The average molecular weight is 278 g/mol. The van der Waals surface area contributed by atoms with E-state index in [-0.39, 0.29) is 35.4 Å². The van der Waals surface area contributed by atoms with Crippen LogP contribution in [-0.2, 0) is 9.53 Å². The molecule has 0 bridgehead atoms. The van der Waals surface area contributed by atoms with Gasteiger partial charge in [0.25, 0.3) is 0 Å². The number of esters is 1. The molecule has 110 valence electrons. The van der Waals surface area contributed by atoms with Crippen LogP contribution >= 0.6 is 0 Å².